The summed E-state index contributed by atoms with van der Waals surface area (Å²) in [7, 11) is 0. The van der Waals surface area contributed by atoms with Gasteiger partial charge < -0.3 is 0 Å². The van der Waals surface area contributed by atoms with Crippen molar-refractivity contribution in [3.8, 4) is 0 Å². The van der Waals surface area contributed by atoms with Crippen molar-refractivity contribution in [2.45, 2.75) is 18.5 Å². The van der Waals surface area contributed by atoms with Gasteiger partial charge in [0.15, 0.2) is 5.38 Å². The van der Waals surface area contributed by atoms with Crippen molar-refractivity contribution in [2.24, 2.45) is 0 Å². The first-order valence-corrected chi connectivity index (χ1v) is 5.33. The highest BCUT2D eigenvalue weighted by molar-refractivity contribution is 9.11. The average Bonchev–Trinajstić information content (AvgIpc) is 2.29. The van der Waals surface area contributed by atoms with E-state index in [2.05, 4.69) is 15.9 Å². The molecule has 1 aromatic rings. The summed E-state index contributed by atoms with van der Waals surface area (Å²) in [6.07, 6.45) is -4.38. The zero-order valence-electron chi connectivity index (χ0n) is 6.45. The highest BCUT2D eigenvalue weighted by atomic mass is 79.9. The molecule has 6 heteroatoms. The third-order valence-electron chi connectivity index (χ3n) is 1.41. The molecule has 0 amide bonds. The summed E-state index contributed by atoms with van der Waals surface area (Å²) in [4.78, 5) is 0.124. The average molecular weight is 294 g/mol. The molecular formula is C7H5BrClF3S. The van der Waals surface area contributed by atoms with E-state index in [1.165, 1.54) is 6.07 Å². The molecule has 0 saturated heterocycles. The van der Waals surface area contributed by atoms with Gasteiger partial charge in [0, 0.05) is 4.88 Å². The first-order valence-electron chi connectivity index (χ1n) is 3.29. The van der Waals surface area contributed by atoms with Crippen molar-refractivity contribution >= 4 is 38.9 Å². The fourth-order valence-corrected chi connectivity index (χ4v) is 2.54. The van der Waals surface area contributed by atoms with Gasteiger partial charge in [-0.15, -0.1) is 22.9 Å². The smallest absolute Gasteiger partial charge is 0.169 e. The minimum atomic E-state index is -4.38. The van der Waals surface area contributed by atoms with Gasteiger partial charge in [-0.25, -0.2) is 0 Å². The summed E-state index contributed by atoms with van der Waals surface area (Å²) in [6.45, 7) is 1.73. The van der Waals surface area contributed by atoms with E-state index in [1.54, 1.807) is 6.92 Å². The van der Waals surface area contributed by atoms with Gasteiger partial charge in [-0.1, -0.05) is 0 Å². The van der Waals surface area contributed by atoms with Crippen molar-refractivity contribution in [1.29, 1.82) is 0 Å². The predicted octanol–water partition coefficient (Wildman–Crippen LogP) is 4.66. The second-order valence-electron chi connectivity index (χ2n) is 2.51. The minimum Gasteiger partial charge on any atom is -0.169 e. The van der Waals surface area contributed by atoms with Gasteiger partial charge in [-0.05, 0) is 34.5 Å². The molecule has 0 fully saturated rings. The van der Waals surface area contributed by atoms with E-state index in [0.717, 1.165) is 16.9 Å². The molecule has 0 aliphatic heterocycles. The van der Waals surface area contributed by atoms with E-state index < -0.39 is 11.6 Å². The van der Waals surface area contributed by atoms with E-state index in [-0.39, 0.29) is 4.88 Å². The van der Waals surface area contributed by atoms with Crippen LogP contribution in [0.3, 0.4) is 0 Å². The number of aryl methyl sites for hydroxylation is 1. The molecule has 1 rings (SSSR count). The molecule has 0 N–H and O–H groups in total. The standard InChI is InChI=1S/C7H5BrClF3S/c1-3-2-4(13-6(3)8)5(9)7(10,11)12/h2,5H,1H3. The Balaban J connectivity index is 2.96. The molecule has 1 heterocycles. The second kappa shape index (κ2) is 3.79. The fourth-order valence-electron chi connectivity index (χ4n) is 0.770. The fraction of sp³-hybridized carbons (Fsp3) is 0.429. The van der Waals surface area contributed by atoms with Crippen molar-refractivity contribution in [3.63, 3.8) is 0 Å². The van der Waals surface area contributed by atoms with Crippen molar-refractivity contribution in [2.75, 3.05) is 0 Å². The van der Waals surface area contributed by atoms with Crippen molar-refractivity contribution < 1.29 is 13.2 Å². The topological polar surface area (TPSA) is 0 Å². The molecule has 74 valence electrons. The van der Waals surface area contributed by atoms with E-state index in [4.69, 9.17) is 11.6 Å². The first kappa shape index (κ1) is 11.3. The highest BCUT2D eigenvalue weighted by Gasteiger charge is 2.40. The monoisotopic (exact) mass is 292 g/mol. The van der Waals surface area contributed by atoms with Gasteiger partial charge in [0.05, 0.1) is 3.79 Å². The highest BCUT2D eigenvalue weighted by Crippen LogP contribution is 2.43. The maximum atomic E-state index is 12.1. The normalized spacial score (nSPS) is 14.6. The van der Waals surface area contributed by atoms with Gasteiger partial charge in [0.1, 0.15) is 0 Å². The quantitative estimate of drug-likeness (QED) is 0.661. The van der Waals surface area contributed by atoms with E-state index in [0.29, 0.717) is 3.79 Å². The summed E-state index contributed by atoms with van der Waals surface area (Å²) in [5.41, 5.74) is 0.773. The zero-order valence-corrected chi connectivity index (χ0v) is 9.61. The number of rotatable bonds is 1. The Morgan fingerprint density at radius 1 is 1.54 bits per heavy atom. The SMILES string of the molecule is Cc1cc(C(Cl)C(F)(F)F)sc1Br. The number of hydrogen-bond acceptors (Lipinski definition) is 1. The van der Waals surface area contributed by atoms with E-state index in [9.17, 15) is 13.2 Å². The summed E-state index contributed by atoms with van der Waals surface area (Å²) < 4.78 is 37.1. The summed E-state index contributed by atoms with van der Waals surface area (Å²) in [5.74, 6) is 0. The van der Waals surface area contributed by atoms with Gasteiger partial charge in [-0.3, -0.25) is 0 Å². The molecule has 0 nitrogen and oxygen atoms in total. The van der Waals surface area contributed by atoms with Crippen LogP contribution in [-0.4, -0.2) is 6.18 Å². The second-order valence-corrected chi connectivity index (χ2v) is 5.35. The minimum absolute atomic E-state index is 0.124. The molecule has 1 aromatic heterocycles. The van der Waals surface area contributed by atoms with Crippen LogP contribution in [0.1, 0.15) is 15.8 Å². The molecule has 1 atom stereocenters. The van der Waals surface area contributed by atoms with Crippen LogP contribution in [0.25, 0.3) is 0 Å². The third kappa shape index (κ3) is 2.60. The Hall–Kier alpha value is 0.260. The molecule has 0 aromatic carbocycles. The maximum Gasteiger partial charge on any atom is 0.409 e. The lowest BCUT2D eigenvalue weighted by atomic mass is 10.3. The number of thiophene rings is 1. The van der Waals surface area contributed by atoms with Crippen LogP contribution in [0.15, 0.2) is 9.85 Å². The van der Waals surface area contributed by atoms with Crippen LogP contribution < -0.4 is 0 Å². The molecule has 0 bridgehead atoms. The molecule has 0 aliphatic rings. The van der Waals surface area contributed by atoms with Crippen LogP contribution in [0.4, 0.5) is 13.2 Å². The summed E-state index contributed by atoms with van der Waals surface area (Å²) >= 11 is 9.39. The molecule has 0 aliphatic carbocycles. The van der Waals surface area contributed by atoms with Crippen LogP contribution in [0.2, 0.25) is 0 Å². The van der Waals surface area contributed by atoms with Crippen molar-refractivity contribution in [1.82, 2.24) is 0 Å². The molecule has 0 spiro atoms. The number of hydrogen-bond donors (Lipinski definition) is 0. The zero-order chi connectivity index (χ0) is 10.2. The Kier molecular flexibility index (Phi) is 3.30. The lowest BCUT2D eigenvalue weighted by Gasteiger charge is -2.10. The van der Waals surface area contributed by atoms with Gasteiger partial charge >= 0.3 is 6.18 Å². The molecule has 1 unspecified atom stereocenters. The van der Waals surface area contributed by atoms with Crippen LogP contribution in [-0.2, 0) is 0 Å². The van der Waals surface area contributed by atoms with Gasteiger partial charge in [0.25, 0.3) is 0 Å². The lowest BCUT2D eigenvalue weighted by molar-refractivity contribution is -0.131. The Bertz CT molecular complexity index is 288. The van der Waals surface area contributed by atoms with E-state index in [1.807, 2.05) is 0 Å². The van der Waals surface area contributed by atoms with Crippen LogP contribution >= 0.6 is 38.9 Å². The largest absolute Gasteiger partial charge is 0.409 e. The summed E-state index contributed by atoms with van der Waals surface area (Å²) in [6, 6.07) is 1.44. The summed E-state index contributed by atoms with van der Waals surface area (Å²) in [5, 5.41) is -1.90. The maximum absolute atomic E-state index is 12.1. The third-order valence-corrected chi connectivity index (χ3v) is 4.23. The van der Waals surface area contributed by atoms with Gasteiger partial charge in [0.2, 0.25) is 0 Å². The Labute approximate surface area is 90.8 Å². The van der Waals surface area contributed by atoms with Crippen LogP contribution in [0.5, 0.6) is 0 Å². The number of alkyl halides is 4. The Morgan fingerprint density at radius 3 is 2.38 bits per heavy atom. The van der Waals surface area contributed by atoms with Crippen molar-refractivity contribution in [3.05, 3.63) is 20.3 Å². The predicted molar refractivity (Wildman–Crippen MR) is 51.4 cm³/mol. The molecule has 0 radical (unpaired) electrons. The molecule has 0 saturated carbocycles. The van der Waals surface area contributed by atoms with Crippen LogP contribution in [0, 0.1) is 6.92 Å². The van der Waals surface area contributed by atoms with Gasteiger partial charge in [-0.2, -0.15) is 13.2 Å². The van der Waals surface area contributed by atoms with E-state index >= 15 is 0 Å². The number of halogens is 5. The Morgan fingerprint density at radius 2 is 2.08 bits per heavy atom. The first-order chi connectivity index (χ1) is 5.82. The lowest BCUT2D eigenvalue weighted by Crippen LogP contribution is -2.14. The molecular weight excluding hydrogens is 288 g/mol. The molecule has 13 heavy (non-hydrogen) atoms.